The number of thioether (sulfide) groups is 1. The minimum absolute atomic E-state index is 0.0929. The molecule has 0 saturated carbocycles. The van der Waals surface area contributed by atoms with Crippen LogP contribution in [0.5, 0.6) is 0 Å². The molecule has 0 fully saturated rings. The molecule has 0 radical (unpaired) electrons. The van der Waals surface area contributed by atoms with Crippen LogP contribution in [0.1, 0.15) is 5.69 Å². The molecule has 4 aromatic rings. The number of nitrogens with one attached hydrogen (secondary N) is 2. The van der Waals surface area contributed by atoms with Crippen LogP contribution in [0.3, 0.4) is 0 Å². The van der Waals surface area contributed by atoms with E-state index in [1.807, 2.05) is 47.8 Å². The maximum atomic E-state index is 12.4. The van der Waals surface area contributed by atoms with Crippen molar-refractivity contribution in [1.29, 1.82) is 0 Å². The van der Waals surface area contributed by atoms with Gasteiger partial charge in [-0.1, -0.05) is 48.2 Å². The SMILES string of the molecule is O=C(Cc1csc(SCC(=O)Nc2cccc3ccccc23)n1)Nc1nccs1. The highest BCUT2D eigenvalue weighted by molar-refractivity contribution is 8.01. The largest absolute Gasteiger partial charge is 0.325 e. The Balaban J connectivity index is 1.30. The van der Waals surface area contributed by atoms with E-state index >= 15 is 0 Å². The number of hydrogen-bond acceptors (Lipinski definition) is 7. The summed E-state index contributed by atoms with van der Waals surface area (Å²) in [6.45, 7) is 0. The third kappa shape index (κ3) is 5.20. The van der Waals surface area contributed by atoms with Crippen molar-refractivity contribution in [3.63, 3.8) is 0 Å². The van der Waals surface area contributed by atoms with Gasteiger partial charge in [-0.15, -0.1) is 22.7 Å². The predicted molar refractivity (Wildman–Crippen MR) is 120 cm³/mol. The van der Waals surface area contributed by atoms with Gasteiger partial charge >= 0.3 is 0 Å². The van der Waals surface area contributed by atoms with Crippen molar-refractivity contribution in [2.75, 3.05) is 16.4 Å². The van der Waals surface area contributed by atoms with E-state index in [0.29, 0.717) is 10.8 Å². The van der Waals surface area contributed by atoms with Gasteiger partial charge in [0.2, 0.25) is 11.8 Å². The molecule has 0 unspecified atom stereocenters. The van der Waals surface area contributed by atoms with E-state index in [4.69, 9.17) is 0 Å². The molecule has 146 valence electrons. The zero-order valence-electron chi connectivity index (χ0n) is 15.1. The minimum Gasteiger partial charge on any atom is -0.325 e. The maximum absolute atomic E-state index is 12.4. The molecular formula is C20H16N4O2S3. The van der Waals surface area contributed by atoms with Gasteiger partial charge in [0.1, 0.15) is 0 Å². The van der Waals surface area contributed by atoms with E-state index < -0.39 is 0 Å². The lowest BCUT2D eigenvalue weighted by molar-refractivity contribution is -0.116. The van der Waals surface area contributed by atoms with Crippen molar-refractivity contribution in [2.45, 2.75) is 10.8 Å². The lowest BCUT2D eigenvalue weighted by atomic mass is 10.1. The molecule has 0 saturated heterocycles. The van der Waals surface area contributed by atoms with Crippen LogP contribution in [0.25, 0.3) is 10.8 Å². The third-order valence-electron chi connectivity index (χ3n) is 3.94. The zero-order chi connectivity index (χ0) is 20.1. The van der Waals surface area contributed by atoms with Gasteiger partial charge in [-0.3, -0.25) is 9.59 Å². The van der Waals surface area contributed by atoms with Crippen molar-refractivity contribution in [1.82, 2.24) is 9.97 Å². The Kier molecular flexibility index (Phi) is 6.18. The number of benzene rings is 2. The average molecular weight is 441 g/mol. The molecule has 9 heteroatoms. The van der Waals surface area contributed by atoms with Gasteiger partial charge in [0.15, 0.2) is 9.47 Å². The fourth-order valence-electron chi connectivity index (χ4n) is 2.70. The van der Waals surface area contributed by atoms with Crippen molar-refractivity contribution in [3.05, 3.63) is 65.1 Å². The molecule has 2 N–H and O–H groups in total. The van der Waals surface area contributed by atoms with E-state index in [9.17, 15) is 9.59 Å². The molecule has 2 aromatic carbocycles. The Morgan fingerprint density at radius 1 is 1.00 bits per heavy atom. The van der Waals surface area contributed by atoms with Crippen LogP contribution in [0.15, 0.2) is 63.8 Å². The van der Waals surface area contributed by atoms with Crippen molar-refractivity contribution >= 4 is 67.8 Å². The van der Waals surface area contributed by atoms with Gasteiger partial charge in [0.05, 0.1) is 17.9 Å². The second kappa shape index (κ2) is 9.17. The lowest BCUT2D eigenvalue weighted by Crippen LogP contribution is -2.14. The Morgan fingerprint density at radius 3 is 2.72 bits per heavy atom. The van der Waals surface area contributed by atoms with Gasteiger partial charge in [0, 0.05) is 28.0 Å². The third-order valence-corrected chi connectivity index (χ3v) is 6.70. The Hall–Kier alpha value is -2.75. The van der Waals surface area contributed by atoms with Crippen molar-refractivity contribution in [2.24, 2.45) is 0 Å². The second-order valence-corrected chi connectivity index (χ2v) is 9.01. The summed E-state index contributed by atoms with van der Waals surface area (Å²) in [7, 11) is 0. The first-order chi connectivity index (χ1) is 14.2. The van der Waals surface area contributed by atoms with Crippen LogP contribution in [-0.4, -0.2) is 27.5 Å². The molecule has 0 aliphatic carbocycles. The van der Waals surface area contributed by atoms with Crippen LogP contribution < -0.4 is 10.6 Å². The molecule has 2 amide bonds. The molecule has 0 aliphatic heterocycles. The summed E-state index contributed by atoms with van der Waals surface area (Å²) in [5.41, 5.74) is 1.48. The monoisotopic (exact) mass is 440 g/mol. The van der Waals surface area contributed by atoms with Crippen LogP contribution in [-0.2, 0) is 16.0 Å². The molecule has 29 heavy (non-hydrogen) atoms. The lowest BCUT2D eigenvalue weighted by Gasteiger charge is -2.08. The number of thiazole rings is 2. The number of amides is 2. The maximum Gasteiger partial charge on any atom is 0.234 e. The number of anilines is 2. The summed E-state index contributed by atoms with van der Waals surface area (Å²) in [5, 5.41) is 12.0. The predicted octanol–water partition coefficient (Wildman–Crippen LogP) is 4.66. The molecule has 6 nitrogen and oxygen atoms in total. The number of rotatable bonds is 7. The normalized spacial score (nSPS) is 10.8. The number of carbonyl (C=O) groups excluding carboxylic acids is 2. The zero-order valence-corrected chi connectivity index (χ0v) is 17.6. The summed E-state index contributed by atoms with van der Waals surface area (Å²) >= 11 is 4.16. The molecule has 0 bridgehead atoms. The standard InChI is InChI=1S/C20H16N4O2S3/c25-17(24-19-21-8-9-27-19)10-14-11-28-20(22-14)29-12-18(26)23-16-7-3-5-13-4-1-2-6-15(13)16/h1-9,11H,10,12H2,(H,23,26)(H,21,24,25). The molecular weight excluding hydrogens is 424 g/mol. The first-order valence-corrected chi connectivity index (χ1v) is 11.5. The Labute approximate surface area is 179 Å². The molecule has 2 aromatic heterocycles. The molecule has 0 aliphatic rings. The van der Waals surface area contributed by atoms with E-state index in [1.54, 1.807) is 11.6 Å². The van der Waals surface area contributed by atoms with Gasteiger partial charge in [0.25, 0.3) is 0 Å². The number of nitrogens with zero attached hydrogens (tertiary/aromatic N) is 2. The highest BCUT2D eigenvalue weighted by Gasteiger charge is 2.11. The summed E-state index contributed by atoms with van der Waals surface area (Å²) in [6, 6.07) is 13.8. The van der Waals surface area contributed by atoms with Gasteiger partial charge in [-0.2, -0.15) is 0 Å². The fourth-order valence-corrected chi connectivity index (χ4v) is 4.89. The summed E-state index contributed by atoms with van der Waals surface area (Å²) < 4.78 is 0.759. The average Bonchev–Trinajstić information content (AvgIpc) is 3.39. The van der Waals surface area contributed by atoms with E-state index in [2.05, 4.69) is 20.6 Å². The second-order valence-electron chi connectivity index (χ2n) is 6.03. The highest BCUT2D eigenvalue weighted by Crippen LogP contribution is 2.25. The smallest absolute Gasteiger partial charge is 0.234 e. The van der Waals surface area contributed by atoms with Crippen LogP contribution >= 0.6 is 34.4 Å². The molecule has 0 atom stereocenters. The molecule has 2 heterocycles. The Bertz CT molecular complexity index is 1140. The van der Waals surface area contributed by atoms with Gasteiger partial charge in [-0.05, 0) is 11.5 Å². The van der Waals surface area contributed by atoms with Crippen LogP contribution in [0.2, 0.25) is 0 Å². The number of carbonyl (C=O) groups is 2. The van der Waals surface area contributed by atoms with Crippen LogP contribution in [0.4, 0.5) is 10.8 Å². The van der Waals surface area contributed by atoms with E-state index in [0.717, 1.165) is 20.8 Å². The Morgan fingerprint density at radius 2 is 1.86 bits per heavy atom. The minimum atomic E-state index is -0.157. The topological polar surface area (TPSA) is 84.0 Å². The number of fused-ring (bicyclic) bond motifs is 1. The van der Waals surface area contributed by atoms with Gasteiger partial charge < -0.3 is 10.6 Å². The molecule has 4 rings (SSSR count). The summed E-state index contributed by atoms with van der Waals surface area (Å²) in [4.78, 5) is 32.8. The van der Waals surface area contributed by atoms with E-state index in [-0.39, 0.29) is 24.0 Å². The summed E-state index contributed by atoms with van der Waals surface area (Å²) in [5.74, 6) is 0.00158. The first kappa shape index (κ1) is 19.6. The number of aromatic nitrogens is 2. The van der Waals surface area contributed by atoms with Gasteiger partial charge in [-0.25, -0.2) is 9.97 Å². The first-order valence-electron chi connectivity index (χ1n) is 8.71. The number of hydrogen-bond donors (Lipinski definition) is 2. The van der Waals surface area contributed by atoms with E-state index in [1.165, 1.54) is 34.4 Å². The molecule has 0 spiro atoms. The summed E-state index contributed by atoms with van der Waals surface area (Å²) in [6.07, 6.45) is 1.82. The fraction of sp³-hybridized carbons (Fsp3) is 0.100. The van der Waals surface area contributed by atoms with Crippen molar-refractivity contribution in [3.8, 4) is 0 Å². The highest BCUT2D eigenvalue weighted by atomic mass is 32.2. The quantitative estimate of drug-likeness (QED) is 0.408. The van der Waals surface area contributed by atoms with Crippen LogP contribution in [0, 0.1) is 0 Å². The van der Waals surface area contributed by atoms with Crippen molar-refractivity contribution < 1.29 is 9.59 Å².